The van der Waals surface area contributed by atoms with Crippen LogP contribution in [0.3, 0.4) is 0 Å². The molecule has 0 saturated heterocycles. The summed E-state index contributed by atoms with van der Waals surface area (Å²) in [6, 6.07) is 0. The van der Waals surface area contributed by atoms with Crippen molar-refractivity contribution in [2.75, 3.05) is 0 Å². The van der Waals surface area contributed by atoms with E-state index in [1.54, 1.807) is 0 Å². The van der Waals surface area contributed by atoms with Crippen LogP contribution in [0.15, 0.2) is 0 Å². The van der Waals surface area contributed by atoms with E-state index in [-0.39, 0.29) is 18.9 Å². The molecule has 0 aromatic heterocycles. The Bertz CT molecular complexity index is 179. The summed E-state index contributed by atoms with van der Waals surface area (Å²) in [6.07, 6.45) is 0. The molecule has 0 aliphatic rings. The van der Waals surface area contributed by atoms with Crippen LogP contribution in [-0.4, -0.2) is 69.3 Å². The third kappa shape index (κ3) is 9.43. The Morgan fingerprint density at radius 1 is 1.00 bits per heavy atom. The Kier molecular flexibility index (Phi) is 10.5. The summed E-state index contributed by atoms with van der Waals surface area (Å²) >= 11 is 0. The van der Waals surface area contributed by atoms with Crippen molar-refractivity contribution >= 4 is 38.1 Å². The number of hydrogen-bond donors (Lipinski definition) is 5. The van der Waals surface area contributed by atoms with Crippen LogP contribution in [0.5, 0.6) is 0 Å². The van der Waals surface area contributed by atoms with Crippen LogP contribution in [0, 0.1) is 0 Å². The first-order valence-corrected chi connectivity index (χ1v) is 2.51. The maximum absolute atomic E-state index is 11.5. The molecule has 0 unspecified atom stereocenters. The maximum atomic E-state index is 11.5. The zero-order chi connectivity index (χ0) is 11.2. The van der Waals surface area contributed by atoms with Gasteiger partial charge in [-0.1, -0.05) is 0 Å². The van der Waals surface area contributed by atoms with E-state index in [9.17, 15) is 18.4 Å². The molecular weight excluding hydrogens is 204 g/mol. The van der Waals surface area contributed by atoms with Crippen LogP contribution in [0.25, 0.3) is 0 Å². The predicted molar refractivity (Wildman–Crippen MR) is 39.8 cm³/mol. The second kappa shape index (κ2) is 7.72. The Morgan fingerprint density at radius 2 is 1.14 bits per heavy atom. The molecule has 0 aromatic rings. The summed E-state index contributed by atoms with van der Waals surface area (Å²) in [7, 11) is -2.17. The fraction of sp³-hybridized carbons (Fsp3) is 0.333. The Balaban J connectivity index is -0.000000209. The van der Waals surface area contributed by atoms with Gasteiger partial charge in [0.15, 0.2) is 0 Å². The topological polar surface area (TPSA) is 135 Å². The van der Waals surface area contributed by atoms with Gasteiger partial charge in [-0.15, -0.1) is 0 Å². The molecule has 5 N–H and O–H groups in total. The number of carboxylic acids is 2. The fourth-order valence-corrected chi connectivity index (χ4v) is 0.0915. The zero-order valence-electron chi connectivity index (χ0n) is 5.89. The van der Waals surface area contributed by atoms with Gasteiger partial charge in [-0.25, -0.2) is 9.59 Å². The van der Waals surface area contributed by atoms with Gasteiger partial charge in [0, 0.05) is 0 Å². The summed E-state index contributed by atoms with van der Waals surface area (Å²) in [5, 5.41) is 36.5. The van der Waals surface area contributed by atoms with Gasteiger partial charge >= 0.3 is 44.0 Å². The molecule has 14 heavy (non-hydrogen) atoms. The Morgan fingerprint density at radius 3 is 1.14 bits per heavy atom. The van der Waals surface area contributed by atoms with Crippen LogP contribution >= 0.6 is 0 Å². The molecule has 11 heteroatoms. The summed E-state index contributed by atoms with van der Waals surface area (Å²) in [6.45, 7) is 0. The molecule has 0 aromatic carbocycles. The Labute approximate surface area is 88.3 Å². The number of carboxylic acid groups (broad SMARTS) is 2. The third-order valence-electron chi connectivity index (χ3n) is 0.537. The number of carbonyl (C=O) groups is 2. The van der Waals surface area contributed by atoms with Gasteiger partial charge in [-0.3, -0.25) is 0 Å². The van der Waals surface area contributed by atoms with Crippen LogP contribution in [0.4, 0.5) is 8.78 Å². The summed E-state index contributed by atoms with van der Waals surface area (Å²) in [4.78, 5) is 18.7. The molecule has 7 nitrogen and oxygen atoms in total. The fourth-order valence-electron chi connectivity index (χ4n) is 0.0915. The average molecular weight is 210 g/mol. The molecule has 0 fully saturated rings. The van der Waals surface area contributed by atoms with E-state index >= 15 is 0 Å². The van der Waals surface area contributed by atoms with Crippen LogP contribution in [0.1, 0.15) is 0 Å². The standard InChI is InChI=1S/C3H2F2O4.BH3O3.Li.H/c4-3(5,1(6)7)2(8)9;2-1(3)4;;/h(H,6,7)(H,8,9);2-4H;;. The predicted octanol–water partition coefficient (Wildman–Crippen LogP) is -2.91. The molecule has 0 saturated carbocycles. The molecule has 78 valence electrons. The quantitative estimate of drug-likeness (QED) is 0.243. The molecule has 0 heterocycles. The van der Waals surface area contributed by atoms with Gasteiger partial charge in [0.25, 0.3) is 0 Å². The number of aliphatic carboxylic acids is 2. The molecule has 0 aliphatic carbocycles. The first-order chi connectivity index (χ1) is 5.62. The van der Waals surface area contributed by atoms with Crippen LogP contribution in [-0.2, 0) is 9.59 Å². The van der Waals surface area contributed by atoms with Crippen molar-refractivity contribution < 1.29 is 43.7 Å². The van der Waals surface area contributed by atoms with Crippen molar-refractivity contribution in [2.45, 2.75) is 5.92 Å². The first kappa shape index (κ1) is 19.0. The van der Waals surface area contributed by atoms with Gasteiger partial charge in [0.1, 0.15) is 0 Å². The van der Waals surface area contributed by atoms with Crippen molar-refractivity contribution in [3.63, 3.8) is 0 Å². The number of halogens is 2. The van der Waals surface area contributed by atoms with E-state index in [0.29, 0.717) is 0 Å². The van der Waals surface area contributed by atoms with Gasteiger partial charge in [0.05, 0.1) is 0 Å². The van der Waals surface area contributed by atoms with Crippen molar-refractivity contribution in [1.29, 1.82) is 0 Å². The molecule has 0 spiro atoms. The second-order valence-electron chi connectivity index (χ2n) is 1.53. The van der Waals surface area contributed by atoms with E-state index < -0.39 is 25.2 Å². The van der Waals surface area contributed by atoms with E-state index in [0.717, 1.165) is 0 Å². The molecule has 0 radical (unpaired) electrons. The van der Waals surface area contributed by atoms with E-state index in [1.165, 1.54) is 0 Å². The Hall–Kier alpha value is -0.658. The van der Waals surface area contributed by atoms with Crippen molar-refractivity contribution in [2.24, 2.45) is 0 Å². The summed E-state index contributed by atoms with van der Waals surface area (Å²) < 4.78 is 22.9. The summed E-state index contributed by atoms with van der Waals surface area (Å²) in [5.74, 6) is -9.98. The van der Waals surface area contributed by atoms with E-state index in [4.69, 9.17) is 25.3 Å². The van der Waals surface area contributed by atoms with Gasteiger partial charge < -0.3 is 25.3 Å². The van der Waals surface area contributed by atoms with E-state index in [2.05, 4.69) is 0 Å². The molecular formula is C3H6BF2LiO7. The monoisotopic (exact) mass is 210 g/mol. The van der Waals surface area contributed by atoms with Gasteiger partial charge in [-0.2, -0.15) is 8.78 Å². The van der Waals surface area contributed by atoms with Crippen LogP contribution < -0.4 is 0 Å². The SMILES string of the molecule is O=C(O)C(F)(F)C(=O)O.OB(O)O.[LiH]. The van der Waals surface area contributed by atoms with Gasteiger partial charge in [-0.05, 0) is 0 Å². The summed E-state index contributed by atoms with van der Waals surface area (Å²) in [5.41, 5.74) is 0. The minimum atomic E-state index is -4.67. The number of hydrogen-bond acceptors (Lipinski definition) is 5. The third-order valence-corrected chi connectivity index (χ3v) is 0.537. The molecule has 0 bridgehead atoms. The van der Waals surface area contributed by atoms with E-state index in [1.807, 2.05) is 0 Å². The zero-order valence-corrected chi connectivity index (χ0v) is 5.89. The average Bonchev–Trinajstić information content (AvgIpc) is 1.85. The minimum absolute atomic E-state index is 0. The molecule has 0 rings (SSSR count). The normalized spacial score (nSPS) is 8.93. The molecule has 0 aliphatic heterocycles. The van der Waals surface area contributed by atoms with Crippen molar-refractivity contribution in [3.05, 3.63) is 0 Å². The number of rotatable bonds is 2. The molecule has 0 atom stereocenters. The second-order valence-corrected chi connectivity index (χ2v) is 1.53. The van der Waals surface area contributed by atoms with Crippen molar-refractivity contribution in [3.8, 4) is 0 Å². The molecule has 0 amide bonds. The first-order valence-electron chi connectivity index (χ1n) is 2.51. The van der Waals surface area contributed by atoms with Gasteiger partial charge in [0.2, 0.25) is 0 Å². The van der Waals surface area contributed by atoms with Crippen molar-refractivity contribution in [1.82, 2.24) is 0 Å². The number of alkyl halides is 2. The van der Waals surface area contributed by atoms with Crippen LogP contribution in [0.2, 0.25) is 0 Å².